The quantitative estimate of drug-likeness (QED) is 0.492. The Hall–Kier alpha value is -4.28. The molecule has 2 aromatic carbocycles. The van der Waals surface area contributed by atoms with E-state index in [2.05, 4.69) is 5.32 Å². The van der Waals surface area contributed by atoms with Gasteiger partial charge in [-0.15, -0.1) is 0 Å². The van der Waals surface area contributed by atoms with Crippen molar-refractivity contribution in [1.29, 1.82) is 0 Å². The molecule has 0 aromatic heterocycles. The van der Waals surface area contributed by atoms with Crippen molar-refractivity contribution in [3.05, 3.63) is 59.7 Å². The van der Waals surface area contributed by atoms with Gasteiger partial charge in [-0.3, -0.25) is 9.59 Å². The number of fused-ring (bicyclic) bond motifs is 1. The van der Waals surface area contributed by atoms with Crippen LogP contribution in [0.5, 0.6) is 5.75 Å². The van der Waals surface area contributed by atoms with Crippen LogP contribution in [-0.2, 0) is 16.1 Å². The molecule has 1 atom stereocenters. The van der Waals surface area contributed by atoms with Gasteiger partial charge in [-0.25, -0.2) is 9.59 Å². The van der Waals surface area contributed by atoms with Gasteiger partial charge in [-0.1, -0.05) is 30.3 Å². The van der Waals surface area contributed by atoms with Gasteiger partial charge in [0.2, 0.25) is 0 Å². The summed E-state index contributed by atoms with van der Waals surface area (Å²) in [4.78, 5) is 55.6. The first kappa shape index (κ1) is 29.7. The number of benzene rings is 2. The molecular weight excluding hydrogens is 528 g/mol. The predicted molar refractivity (Wildman–Crippen MR) is 152 cm³/mol. The normalized spacial score (nSPS) is 17.9. The van der Waals surface area contributed by atoms with Crippen LogP contribution in [0, 0.1) is 0 Å². The van der Waals surface area contributed by atoms with Gasteiger partial charge >= 0.3 is 12.2 Å². The van der Waals surface area contributed by atoms with E-state index in [9.17, 15) is 24.3 Å². The predicted octanol–water partition coefficient (Wildman–Crippen LogP) is 4.11. The van der Waals surface area contributed by atoms with Crippen LogP contribution < -0.4 is 15.0 Å². The van der Waals surface area contributed by atoms with Gasteiger partial charge in [0.15, 0.2) is 5.60 Å². The van der Waals surface area contributed by atoms with Crippen molar-refractivity contribution < 1.29 is 33.8 Å². The van der Waals surface area contributed by atoms with Crippen molar-refractivity contribution in [3.8, 4) is 5.75 Å². The smallest absolute Gasteiger partial charge is 0.407 e. The zero-order chi connectivity index (χ0) is 29.7. The molecule has 0 saturated carbocycles. The lowest BCUT2D eigenvalue weighted by Gasteiger charge is -2.41. The molecule has 11 nitrogen and oxygen atoms in total. The van der Waals surface area contributed by atoms with E-state index in [-0.39, 0.29) is 50.1 Å². The van der Waals surface area contributed by atoms with E-state index in [1.807, 2.05) is 44.2 Å². The number of amides is 4. The minimum atomic E-state index is -1.14. The molecule has 2 heterocycles. The van der Waals surface area contributed by atoms with Crippen LogP contribution in [0.1, 0.15) is 56.5 Å². The number of nitrogens with one attached hydrogen (secondary N) is 1. The van der Waals surface area contributed by atoms with Gasteiger partial charge in [0, 0.05) is 37.8 Å². The highest BCUT2D eigenvalue weighted by atomic mass is 16.5. The number of piperidine rings is 1. The number of carboxylic acid groups (broad SMARTS) is 1. The summed E-state index contributed by atoms with van der Waals surface area (Å²) < 4.78 is 11.2. The summed E-state index contributed by atoms with van der Waals surface area (Å²) in [6.07, 6.45) is -0.226. The third-order valence-corrected chi connectivity index (χ3v) is 7.29. The van der Waals surface area contributed by atoms with E-state index in [1.54, 1.807) is 36.9 Å². The highest BCUT2D eigenvalue weighted by Gasteiger charge is 2.41. The minimum absolute atomic E-state index is 0.123. The van der Waals surface area contributed by atoms with Gasteiger partial charge in [-0.05, 0) is 64.3 Å². The van der Waals surface area contributed by atoms with Crippen LogP contribution in [-0.4, -0.2) is 82.8 Å². The zero-order valence-electron chi connectivity index (χ0n) is 24.0. The molecule has 1 fully saturated rings. The largest absolute Gasteiger partial charge is 0.476 e. The molecule has 2 N–H and O–H groups in total. The molecule has 1 saturated heterocycles. The number of likely N-dealkylation sites (tertiary alicyclic amines) is 1. The maximum absolute atomic E-state index is 13.8. The number of nitrogens with zero attached hydrogens (tertiary/aromatic N) is 3. The number of carbonyl (C=O) groups is 4. The Balaban J connectivity index is 1.49. The van der Waals surface area contributed by atoms with E-state index in [1.165, 1.54) is 9.80 Å². The first-order valence-electron chi connectivity index (χ1n) is 13.9. The Bertz CT molecular complexity index is 1280. The molecule has 11 heteroatoms. The number of ether oxygens (including phenoxy) is 2. The van der Waals surface area contributed by atoms with Crippen molar-refractivity contribution in [2.45, 2.75) is 64.8 Å². The second kappa shape index (κ2) is 12.5. The molecule has 0 aliphatic carbocycles. The van der Waals surface area contributed by atoms with Gasteiger partial charge in [0.05, 0.1) is 11.7 Å². The third-order valence-electron chi connectivity index (χ3n) is 7.29. The van der Waals surface area contributed by atoms with Gasteiger partial charge < -0.3 is 34.6 Å². The number of carbonyl (C=O) groups excluding carboxylic acids is 3. The average Bonchev–Trinajstić information content (AvgIpc) is 2.94. The molecular formula is C30H38N4O7. The Labute approximate surface area is 240 Å². The number of alkyl carbamates (subject to hydrolysis) is 1. The molecule has 0 unspecified atom stereocenters. The lowest BCUT2D eigenvalue weighted by Crippen LogP contribution is -2.54. The summed E-state index contributed by atoms with van der Waals surface area (Å²) in [5, 5.41) is 12.2. The number of hydrogen-bond donors (Lipinski definition) is 2. The van der Waals surface area contributed by atoms with Gasteiger partial charge in [-0.2, -0.15) is 0 Å². The van der Waals surface area contributed by atoms with Crippen molar-refractivity contribution in [3.63, 3.8) is 0 Å². The summed E-state index contributed by atoms with van der Waals surface area (Å²) in [6, 6.07) is 13.8. The van der Waals surface area contributed by atoms with E-state index in [4.69, 9.17) is 9.47 Å². The Morgan fingerprint density at radius 2 is 1.90 bits per heavy atom. The van der Waals surface area contributed by atoms with Crippen molar-refractivity contribution in [1.82, 2.24) is 15.1 Å². The Morgan fingerprint density at radius 3 is 2.59 bits per heavy atom. The average molecular weight is 567 g/mol. The zero-order valence-corrected chi connectivity index (χ0v) is 24.0. The number of rotatable bonds is 8. The maximum atomic E-state index is 13.8. The lowest BCUT2D eigenvalue weighted by atomic mass is 9.99. The Morgan fingerprint density at radius 1 is 1.17 bits per heavy atom. The fraction of sp³-hybridized carbons (Fsp3) is 0.467. The standard InChI is InChI=1S/C30H38N4O7/c1-20(2)34(23-11-8-15-32(18-23)29(38)39)26(35)22-12-13-25-24(17-22)33(27(36)30(3,4)41-25)16-14-31-28(37)40-19-21-9-6-5-7-10-21/h5-7,9-10,12-13,17,20,23H,8,11,14-16,18-19H2,1-4H3,(H,31,37)(H,38,39)/t23-/m1/s1. The van der Waals surface area contributed by atoms with Crippen LogP contribution in [0.4, 0.5) is 15.3 Å². The van der Waals surface area contributed by atoms with E-state index >= 15 is 0 Å². The first-order valence-corrected chi connectivity index (χ1v) is 13.9. The van der Waals surface area contributed by atoms with Gasteiger partial charge in [0.1, 0.15) is 12.4 Å². The second-order valence-electron chi connectivity index (χ2n) is 11.1. The van der Waals surface area contributed by atoms with Crippen LogP contribution in [0.3, 0.4) is 0 Å². The molecule has 41 heavy (non-hydrogen) atoms. The summed E-state index contributed by atoms with van der Waals surface area (Å²) in [5.41, 5.74) is 0.511. The van der Waals surface area contributed by atoms with Crippen molar-refractivity contribution in [2.75, 3.05) is 31.1 Å². The van der Waals surface area contributed by atoms with Crippen molar-refractivity contribution in [2.24, 2.45) is 0 Å². The number of anilines is 1. The molecule has 2 aromatic rings. The van der Waals surface area contributed by atoms with E-state index in [0.29, 0.717) is 36.4 Å². The molecule has 0 spiro atoms. The number of hydrogen-bond acceptors (Lipinski definition) is 6. The minimum Gasteiger partial charge on any atom is -0.476 e. The Kier molecular flexibility index (Phi) is 9.05. The topological polar surface area (TPSA) is 129 Å². The lowest BCUT2D eigenvalue weighted by molar-refractivity contribution is -0.132. The molecule has 2 aliphatic rings. The van der Waals surface area contributed by atoms with Crippen molar-refractivity contribution >= 4 is 29.7 Å². The van der Waals surface area contributed by atoms with Crippen LogP contribution >= 0.6 is 0 Å². The molecule has 4 amide bonds. The summed E-state index contributed by atoms with van der Waals surface area (Å²) in [6.45, 7) is 8.23. The summed E-state index contributed by atoms with van der Waals surface area (Å²) in [7, 11) is 0. The summed E-state index contributed by atoms with van der Waals surface area (Å²) >= 11 is 0. The van der Waals surface area contributed by atoms with Gasteiger partial charge in [0.25, 0.3) is 11.8 Å². The highest BCUT2D eigenvalue weighted by molar-refractivity contribution is 6.04. The van der Waals surface area contributed by atoms with Crippen LogP contribution in [0.2, 0.25) is 0 Å². The molecule has 220 valence electrons. The fourth-order valence-corrected chi connectivity index (χ4v) is 5.29. The molecule has 2 aliphatic heterocycles. The second-order valence-corrected chi connectivity index (χ2v) is 11.1. The first-order chi connectivity index (χ1) is 19.5. The molecule has 0 bridgehead atoms. The molecule has 4 rings (SSSR count). The summed E-state index contributed by atoms with van der Waals surface area (Å²) in [5.74, 6) is -0.109. The van der Waals surface area contributed by atoms with Crippen LogP contribution in [0.25, 0.3) is 0 Å². The SMILES string of the molecule is CC(C)N(C(=O)c1ccc2c(c1)N(CCNC(=O)OCc1ccccc1)C(=O)C(C)(C)O2)[C@@H]1CCCN(C(=O)O)C1. The third kappa shape index (κ3) is 6.90. The fourth-order valence-electron chi connectivity index (χ4n) is 5.29. The monoisotopic (exact) mass is 566 g/mol. The highest BCUT2D eigenvalue weighted by Crippen LogP contribution is 2.38. The molecule has 0 radical (unpaired) electrons. The van der Waals surface area contributed by atoms with Crippen LogP contribution in [0.15, 0.2) is 48.5 Å². The van der Waals surface area contributed by atoms with E-state index in [0.717, 1.165) is 5.56 Å². The van der Waals surface area contributed by atoms with E-state index < -0.39 is 17.8 Å². The maximum Gasteiger partial charge on any atom is 0.407 e.